The SMILES string of the molecule is CC(N)C(c1cccnc1)N(C)Cc1cnn(C)c1. The largest absolute Gasteiger partial charge is 0.326 e. The van der Waals surface area contributed by atoms with Crippen molar-refractivity contribution in [1.82, 2.24) is 19.7 Å². The molecule has 2 heterocycles. The highest BCUT2D eigenvalue weighted by molar-refractivity contribution is 5.16. The molecule has 5 nitrogen and oxygen atoms in total. The van der Waals surface area contributed by atoms with Crippen LogP contribution in [0.2, 0.25) is 0 Å². The van der Waals surface area contributed by atoms with Gasteiger partial charge in [-0.1, -0.05) is 6.07 Å². The van der Waals surface area contributed by atoms with Gasteiger partial charge in [-0.25, -0.2) is 0 Å². The number of aromatic nitrogens is 3. The summed E-state index contributed by atoms with van der Waals surface area (Å²) in [5.74, 6) is 0. The van der Waals surface area contributed by atoms with E-state index in [2.05, 4.69) is 28.1 Å². The van der Waals surface area contributed by atoms with E-state index in [1.54, 1.807) is 6.20 Å². The van der Waals surface area contributed by atoms with Gasteiger partial charge in [-0.15, -0.1) is 0 Å². The number of hydrogen-bond donors (Lipinski definition) is 1. The van der Waals surface area contributed by atoms with Crippen LogP contribution in [0.3, 0.4) is 0 Å². The lowest BCUT2D eigenvalue weighted by atomic mass is 10.0. The summed E-state index contributed by atoms with van der Waals surface area (Å²) in [6, 6.07) is 4.20. The maximum Gasteiger partial charge on any atom is 0.0534 e. The number of likely N-dealkylation sites (N-methyl/N-ethyl adjacent to an activating group) is 1. The molecule has 0 radical (unpaired) electrons. The first-order chi connectivity index (χ1) is 9.08. The number of rotatable bonds is 5. The van der Waals surface area contributed by atoms with E-state index in [0.717, 1.165) is 12.1 Å². The fourth-order valence-corrected chi connectivity index (χ4v) is 2.45. The van der Waals surface area contributed by atoms with E-state index < -0.39 is 0 Å². The molecule has 0 saturated carbocycles. The van der Waals surface area contributed by atoms with Gasteiger partial charge in [0.2, 0.25) is 0 Å². The van der Waals surface area contributed by atoms with Crippen LogP contribution in [0, 0.1) is 0 Å². The van der Waals surface area contributed by atoms with Gasteiger partial charge in [0.25, 0.3) is 0 Å². The van der Waals surface area contributed by atoms with Crippen molar-refractivity contribution in [2.75, 3.05) is 7.05 Å². The maximum atomic E-state index is 6.14. The average molecular weight is 259 g/mol. The molecule has 2 aromatic rings. The second-order valence-corrected chi connectivity index (χ2v) is 5.03. The van der Waals surface area contributed by atoms with E-state index in [9.17, 15) is 0 Å². The molecule has 2 aromatic heterocycles. The molecule has 0 saturated heterocycles. The van der Waals surface area contributed by atoms with Gasteiger partial charge < -0.3 is 5.73 Å². The van der Waals surface area contributed by atoms with Crippen molar-refractivity contribution in [3.05, 3.63) is 48.0 Å². The highest BCUT2D eigenvalue weighted by Crippen LogP contribution is 2.22. The number of nitrogens with two attached hydrogens (primary N) is 1. The number of aryl methyl sites for hydroxylation is 1. The lowest BCUT2D eigenvalue weighted by Gasteiger charge is -2.30. The molecule has 2 unspecified atom stereocenters. The minimum Gasteiger partial charge on any atom is -0.326 e. The quantitative estimate of drug-likeness (QED) is 0.880. The summed E-state index contributed by atoms with van der Waals surface area (Å²) in [6.45, 7) is 2.84. The van der Waals surface area contributed by atoms with Gasteiger partial charge in [0.05, 0.1) is 12.2 Å². The Bertz CT molecular complexity index is 506. The minimum atomic E-state index is 0.0332. The van der Waals surface area contributed by atoms with Crippen molar-refractivity contribution >= 4 is 0 Å². The van der Waals surface area contributed by atoms with Crippen LogP contribution in [0.1, 0.15) is 24.1 Å². The zero-order chi connectivity index (χ0) is 13.8. The number of hydrogen-bond acceptors (Lipinski definition) is 4. The Morgan fingerprint density at radius 3 is 2.74 bits per heavy atom. The average Bonchev–Trinajstić information content (AvgIpc) is 2.75. The molecule has 102 valence electrons. The first-order valence-electron chi connectivity index (χ1n) is 6.41. The van der Waals surface area contributed by atoms with Crippen LogP contribution in [-0.2, 0) is 13.6 Å². The van der Waals surface area contributed by atoms with E-state index in [-0.39, 0.29) is 12.1 Å². The molecule has 0 bridgehead atoms. The standard InChI is InChI=1S/C14H21N5/c1-11(15)14(13-5-4-6-16-8-13)18(2)9-12-7-17-19(3)10-12/h4-8,10-11,14H,9,15H2,1-3H3. The topological polar surface area (TPSA) is 60.0 Å². The zero-order valence-corrected chi connectivity index (χ0v) is 11.7. The Morgan fingerprint density at radius 1 is 1.42 bits per heavy atom. The van der Waals surface area contributed by atoms with Crippen LogP contribution in [0.15, 0.2) is 36.9 Å². The summed E-state index contributed by atoms with van der Waals surface area (Å²) >= 11 is 0. The Morgan fingerprint density at radius 2 is 2.21 bits per heavy atom. The van der Waals surface area contributed by atoms with Crippen LogP contribution in [0.25, 0.3) is 0 Å². The van der Waals surface area contributed by atoms with E-state index in [4.69, 9.17) is 5.73 Å². The lowest BCUT2D eigenvalue weighted by Crippen LogP contribution is -2.36. The van der Waals surface area contributed by atoms with Crippen molar-refractivity contribution in [2.45, 2.75) is 25.6 Å². The Labute approximate surface area is 114 Å². The van der Waals surface area contributed by atoms with Crippen molar-refractivity contribution < 1.29 is 0 Å². The highest BCUT2D eigenvalue weighted by Gasteiger charge is 2.21. The molecule has 0 amide bonds. The van der Waals surface area contributed by atoms with E-state index in [1.165, 1.54) is 5.56 Å². The lowest BCUT2D eigenvalue weighted by molar-refractivity contribution is 0.210. The Kier molecular flexibility index (Phi) is 4.29. The maximum absolute atomic E-state index is 6.14. The summed E-state index contributed by atoms with van der Waals surface area (Å²) in [4.78, 5) is 6.42. The Hall–Kier alpha value is -1.72. The zero-order valence-electron chi connectivity index (χ0n) is 11.7. The summed E-state index contributed by atoms with van der Waals surface area (Å²) in [7, 11) is 4.00. The molecule has 0 aliphatic rings. The van der Waals surface area contributed by atoms with Crippen LogP contribution in [0.4, 0.5) is 0 Å². The molecule has 19 heavy (non-hydrogen) atoms. The molecule has 5 heteroatoms. The molecule has 0 spiro atoms. The monoisotopic (exact) mass is 259 g/mol. The van der Waals surface area contributed by atoms with Gasteiger partial charge in [-0.2, -0.15) is 5.10 Å². The second-order valence-electron chi connectivity index (χ2n) is 5.03. The van der Waals surface area contributed by atoms with E-state index >= 15 is 0 Å². The summed E-state index contributed by atoms with van der Waals surface area (Å²) in [6.07, 6.45) is 7.58. The van der Waals surface area contributed by atoms with Crippen LogP contribution >= 0.6 is 0 Å². The number of pyridine rings is 1. The molecule has 2 N–H and O–H groups in total. The van der Waals surface area contributed by atoms with Crippen LogP contribution in [0.5, 0.6) is 0 Å². The third-order valence-corrected chi connectivity index (χ3v) is 3.19. The molecule has 0 aromatic carbocycles. The van der Waals surface area contributed by atoms with Crippen molar-refractivity contribution in [1.29, 1.82) is 0 Å². The second kappa shape index (κ2) is 5.95. The van der Waals surface area contributed by atoms with Crippen molar-refractivity contribution in [3.8, 4) is 0 Å². The fourth-order valence-electron chi connectivity index (χ4n) is 2.45. The normalized spacial score (nSPS) is 14.6. The molecule has 0 fully saturated rings. The third kappa shape index (κ3) is 3.39. The molecular formula is C14H21N5. The molecule has 2 rings (SSSR count). The Balaban J connectivity index is 2.15. The van der Waals surface area contributed by atoms with Gasteiger partial charge in [-0.05, 0) is 25.6 Å². The van der Waals surface area contributed by atoms with Gasteiger partial charge in [0.15, 0.2) is 0 Å². The summed E-state index contributed by atoms with van der Waals surface area (Å²) in [5, 5.41) is 4.19. The van der Waals surface area contributed by atoms with Crippen LogP contribution < -0.4 is 5.73 Å². The van der Waals surface area contributed by atoms with Crippen LogP contribution in [-0.4, -0.2) is 32.8 Å². The fraction of sp³-hybridized carbons (Fsp3) is 0.429. The van der Waals surface area contributed by atoms with Gasteiger partial charge in [-0.3, -0.25) is 14.6 Å². The third-order valence-electron chi connectivity index (χ3n) is 3.19. The van der Waals surface area contributed by atoms with Crippen molar-refractivity contribution in [2.24, 2.45) is 12.8 Å². The van der Waals surface area contributed by atoms with Gasteiger partial charge in [0.1, 0.15) is 0 Å². The molecular weight excluding hydrogens is 238 g/mol. The predicted octanol–water partition coefficient (Wildman–Crippen LogP) is 1.34. The molecule has 0 aliphatic heterocycles. The molecule has 0 aliphatic carbocycles. The first kappa shape index (κ1) is 13.7. The van der Waals surface area contributed by atoms with Gasteiger partial charge >= 0.3 is 0 Å². The summed E-state index contributed by atoms with van der Waals surface area (Å²) in [5.41, 5.74) is 8.46. The molecule has 2 atom stereocenters. The minimum absolute atomic E-state index is 0.0332. The number of nitrogens with zero attached hydrogens (tertiary/aromatic N) is 4. The smallest absolute Gasteiger partial charge is 0.0534 e. The van der Waals surface area contributed by atoms with E-state index in [1.807, 2.05) is 43.3 Å². The summed E-state index contributed by atoms with van der Waals surface area (Å²) < 4.78 is 1.81. The predicted molar refractivity (Wildman–Crippen MR) is 75.3 cm³/mol. The van der Waals surface area contributed by atoms with E-state index in [0.29, 0.717) is 0 Å². The first-order valence-corrected chi connectivity index (χ1v) is 6.41. The van der Waals surface area contributed by atoms with Crippen molar-refractivity contribution in [3.63, 3.8) is 0 Å². The highest BCUT2D eigenvalue weighted by atomic mass is 15.2. The van der Waals surface area contributed by atoms with Gasteiger partial charge in [0, 0.05) is 43.8 Å².